The van der Waals surface area contributed by atoms with Crippen molar-refractivity contribution in [2.45, 2.75) is 45.6 Å². The molecule has 0 radical (unpaired) electrons. The number of nitrogens with zero attached hydrogens (tertiary/aromatic N) is 2. The second-order valence-corrected chi connectivity index (χ2v) is 4.81. The largest absolute Gasteiger partial charge is 0.480 e. The van der Waals surface area contributed by atoms with E-state index in [4.69, 9.17) is 5.11 Å². The topological polar surface area (TPSA) is 60.9 Å². The Labute approximate surface area is 109 Å². The second-order valence-electron chi connectivity index (χ2n) is 4.81. The van der Waals surface area contributed by atoms with Gasteiger partial charge < -0.3 is 10.0 Å². The summed E-state index contributed by atoms with van der Waals surface area (Å²) in [6, 6.07) is -0.609. The Morgan fingerprint density at radius 1 is 1.39 bits per heavy atom. The number of hydrogen-bond acceptors (Lipinski definition) is 3. The summed E-state index contributed by atoms with van der Waals surface area (Å²) in [7, 11) is 0. The molecule has 0 aromatic rings. The first-order chi connectivity index (χ1) is 8.60. The molecule has 1 aliphatic heterocycles. The maximum absolute atomic E-state index is 12.1. The lowest BCUT2D eigenvalue weighted by Crippen LogP contribution is -2.45. The number of likely N-dealkylation sites (tertiary alicyclic amines) is 1. The Morgan fingerprint density at radius 3 is 2.67 bits per heavy atom. The molecule has 1 fully saturated rings. The van der Waals surface area contributed by atoms with Gasteiger partial charge in [-0.15, -0.1) is 0 Å². The van der Waals surface area contributed by atoms with Crippen LogP contribution in [0.5, 0.6) is 0 Å². The van der Waals surface area contributed by atoms with Crippen molar-refractivity contribution >= 4 is 11.9 Å². The molecule has 0 aromatic heterocycles. The van der Waals surface area contributed by atoms with Gasteiger partial charge in [-0.2, -0.15) is 0 Å². The standard InChI is InChI=1S/C13H24N2O3/c1-3-5-8-14(4-2)10-12(16)15-9-6-7-11(15)13(17)18/h11H,3-10H2,1-2H3,(H,17,18). The number of carbonyl (C=O) groups excluding carboxylic acids is 1. The monoisotopic (exact) mass is 256 g/mol. The van der Waals surface area contributed by atoms with Crippen LogP contribution < -0.4 is 0 Å². The summed E-state index contributed by atoms with van der Waals surface area (Å²) in [5, 5.41) is 9.06. The molecule has 18 heavy (non-hydrogen) atoms. The molecule has 1 N–H and O–H groups in total. The number of carboxylic acid groups (broad SMARTS) is 1. The van der Waals surface area contributed by atoms with Gasteiger partial charge in [-0.1, -0.05) is 20.3 Å². The van der Waals surface area contributed by atoms with Gasteiger partial charge in [0.15, 0.2) is 0 Å². The van der Waals surface area contributed by atoms with Crippen molar-refractivity contribution in [1.29, 1.82) is 0 Å². The number of amides is 1. The zero-order valence-corrected chi connectivity index (χ0v) is 11.4. The van der Waals surface area contributed by atoms with E-state index in [-0.39, 0.29) is 5.91 Å². The summed E-state index contributed by atoms with van der Waals surface area (Å²) in [5.41, 5.74) is 0. The number of hydrogen-bond donors (Lipinski definition) is 1. The molecule has 0 aliphatic carbocycles. The fraction of sp³-hybridized carbons (Fsp3) is 0.846. The summed E-state index contributed by atoms with van der Waals surface area (Å²) in [6.45, 7) is 6.82. The Kier molecular flexibility index (Phi) is 6.12. The molecule has 1 heterocycles. The van der Waals surface area contributed by atoms with E-state index in [1.807, 2.05) is 6.92 Å². The fourth-order valence-corrected chi connectivity index (χ4v) is 2.33. The van der Waals surface area contributed by atoms with Gasteiger partial charge in [0.25, 0.3) is 0 Å². The third-order valence-corrected chi connectivity index (χ3v) is 3.49. The van der Waals surface area contributed by atoms with E-state index in [2.05, 4.69) is 11.8 Å². The zero-order chi connectivity index (χ0) is 13.5. The van der Waals surface area contributed by atoms with Crippen LogP contribution >= 0.6 is 0 Å². The molecule has 1 atom stereocenters. The Bertz CT molecular complexity index is 294. The van der Waals surface area contributed by atoms with Crippen molar-refractivity contribution in [3.05, 3.63) is 0 Å². The van der Waals surface area contributed by atoms with Crippen LogP contribution in [0.2, 0.25) is 0 Å². The van der Waals surface area contributed by atoms with Gasteiger partial charge in [0, 0.05) is 6.54 Å². The van der Waals surface area contributed by atoms with Crippen LogP contribution in [0.15, 0.2) is 0 Å². The van der Waals surface area contributed by atoms with E-state index >= 15 is 0 Å². The summed E-state index contributed by atoms with van der Waals surface area (Å²) >= 11 is 0. The minimum Gasteiger partial charge on any atom is -0.480 e. The lowest BCUT2D eigenvalue weighted by molar-refractivity contribution is -0.148. The first kappa shape index (κ1) is 15.0. The molecule has 0 aromatic carbocycles. The van der Waals surface area contributed by atoms with Crippen molar-refractivity contribution in [2.75, 3.05) is 26.2 Å². The highest BCUT2D eigenvalue weighted by Gasteiger charge is 2.34. The van der Waals surface area contributed by atoms with Crippen molar-refractivity contribution < 1.29 is 14.7 Å². The number of carbonyl (C=O) groups is 2. The van der Waals surface area contributed by atoms with Gasteiger partial charge in [0.05, 0.1) is 6.54 Å². The van der Waals surface area contributed by atoms with Crippen LogP contribution in [-0.2, 0) is 9.59 Å². The number of aliphatic carboxylic acids is 1. The smallest absolute Gasteiger partial charge is 0.326 e. The quantitative estimate of drug-likeness (QED) is 0.743. The van der Waals surface area contributed by atoms with Crippen LogP contribution in [0, 0.1) is 0 Å². The average molecular weight is 256 g/mol. The highest BCUT2D eigenvalue weighted by molar-refractivity contribution is 5.85. The maximum atomic E-state index is 12.1. The van der Waals surface area contributed by atoms with Gasteiger partial charge in [0.1, 0.15) is 6.04 Å². The molecule has 0 saturated carbocycles. The molecule has 1 aliphatic rings. The minimum absolute atomic E-state index is 0.0437. The average Bonchev–Trinajstić information content (AvgIpc) is 2.83. The third kappa shape index (κ3) is 3.98. The van der Waals surface area contributed by atoms with Gasteiger partial charge in [-0.05, 0) is 32.4 Å². The van der Waals surface area contributed by atoms with E-state index < -0.39 is 12.0 Å². The Balaban J connectivity index is 2.50. The predicted molar refractivity (Wildman–Crippen MR) is 69.4 cm³/mol. The first-order valence-electron chi connectivity index (χ1n) is 6.84. The van der Waals surface area contributed by atoms with Gasteiger partial charge in [-0.25, -0.2) is 4.79 Å². The predicted octanol–water partition coefficient (Wildman–Crippen LogP) is 1.18. The van der Waals surface area contributed by atoms with Crippen LogP contribution in [0.3, 0.4) is 0 Å². The van der Waals surface area contributed by atoms with Crippen molar-refractivity contribution in [2.24, 2.45) is 0 Å². The van der Waals surface area contributed by atoms with E-state index in [0.717, 1.165) is 32.4 Å². The summed E-state index contributed by atoms with van der Waals surface area (Å²) in [5.74, 6) is -0.921. The summed E-state index contributed by atoms with van der Waals surface area (Å²) in [4.78, 5) is 26.8. The van der Waals surface area contributed by atoms with Crippen LogP contribution in [0.4, 0.5) is 0 Å². The van der Waals surface area contributed by atoms with E-state index in [9.17, 15) is 9.59 Å². The molecule has 1 rings (SSSR count). The molecule has 104 valence electrons. The highest BCUT2D eigenvalue weighted by atomic mass is 16.4. The van der Waals surface area contributed by atoms with Crippen LogP contribution in [0.25, 0.3) is 0 Å². The van der Waals surface area contributed by atoms with Gasteiger partial charge in [0.2, 0.25) is 5.91 Å². The number of rotatable bonds is 7. The number of unbranched alkanes of at least 4 members (excludes halogenated alkanes) is 1. The molecular formula is C13H24N2O3. The Morgan fingerprint density at radius 2 is 2.11 bits per heavy atom. The summed E-state index contributed by atoms with van der Waals surface area (Å²) in [6.07, 6.45) is 3.56. The van der Waals surface area contributed by atoms with Crippen LogP contribution in [0.1, 0.15) is 39.5 Å². The normalized spacial score (nSPS) is 19.5. The SMILES string of the molecule is CCCCN(CC)CC(=O)N1CCCC1C(=O)O. The van der Waals surface area contributed by atoms with E-state index in [1.54, 1.807) is 0 Å². The molecule has 5 heteroatoms. The van der Waals surface area contributed by atoms with Crippen LogP contribution in [-0.4, -0.2) is 59.0 Å². The van der Waals surface area contributed by atoms with Crippen molar-refractivity contribution in [3.8, 4) is 0 Å². The number of carboxylic acids is 1. The first-order valence-corrected chi connectivity index (χ1v) is 6.84. The molecule has 5 nitrogen and oxygen atoms in total. The Hall–Kier alpha value is -1.10. The highest BCUT2D eigenvalue weighted by Crippen LogP contribution is 2.17. The molecule has 1 unspecified atom stereocenters. The molecule has 1 saturated heterocycles. The molecular weight excluding hydrogens is 232 g/mol. The molecule has 1 amide bonds. The second kappa shape index (κ2) is 7.36. The third-order valence-electron chi connectivity index (χ3n) is 3.49. The van der Waals surface area contributed by atoms with Gasteiger partial charge in [-0.3, -0.25) is 9.69 Å². The van der Waals surface area contributed by atoms with E-state index in [1.165, 1.54) is 4.90 Å². The lowest BCUT2D eigenvalue weighted by Gasteiger charge is -2.26. The fourth-order valence-electron chi connectivity index (χ4n) is 2.33. The maximum Gasteiger partial charge on any atom is 0.326 e. The van der Waals surface area contributed by atoms with Gasteiger partial charge >= 0.3 is 5.97 Å². The molecule has 0 bridgehead atoms. The minimum atomic E-state index is -0.877. The molecule has 0 spiro atoms. The van der Waals surface area contributed by atoms with Crippen molar-refractivity contribution in [3.63, 3.8) is 0 Å². The zero-order valence-electron chi connectivity index (χ0n) is 11.4. The lowest BCUT2D eigenvalue weighted by atomic mass is 10.2. The van der Waals surface area contributed by atoms with Crippen molar-refractivity contribution in [1.82, 2.24) is 9.80 Å². The summed E-state index contributed by atoms with van der Waals surface area (Å²) < 4.78 is 0. The number of likely N-dealkylation sites (N-methyl/N-ethyl adjacent to an activating group) is 1. The van der Waals surface area contributed by atoms with E-state index in [0.29, 0.717) is 19.5 Å².